The molecule has 2 fully saturated rings. The number of rotatable bonds is 6. The minimum Gasteiger partial charge on any atom is -0.377 e. The van der Waals surface area contributed by atoms with Crippen LogP contribution in [0, 0.1) is 5.92 Å². The fourth-order valence-electron chi connectivity index (χ4n) is 3.08. The second kappa shape index (κ2) is 5.36. The summed E-state index contributed by atoms with van der Waals surface area (Å²) in [6.45, 7) is 4.85. The molecule has 1 aliphatic carbocycles. The van der Waals surface area contributed by atoms with E-state index in [4.69, 9.17) is 18.0 Å². The second-order valence-electron chi connectivity index (χ2n) is 5.02. The zero-order chi connectivity index (χ0) is 12.5. The van der Waals surface area contributed by atoms with Crippen molar-refractivity contribution in [3.8, 4) is 0 Å². The highest BCUT2D eigenvalue weighted by atomic mass is 28.4. The molecule has 1 saturated carbocycles. The molecular formula is C12H24O4Si. The van der Waals surface area contributed by atoms with Gasteiger partial charge in [0.05, 0.1) is 12.2 Å². The molecule has 2 rings (SSSR count). The SMILES string of the molecule is CCO[Si](OC)(OC)C(C)C1CCC2OC2C1. The Morgan fingerprint density at radius 2 is 1.94 bits per heavy atom. The Morgan fingerprint density at radius 1 is 1.24 bits per heavy atom. The highest BCUT2D eigenvalue weighted by Crippen LogP contribution is 2.46. The molecule has 4 atom stereocenters. The fraction of sp³-hybridized carbons (Fsp3) is 1.00. The van der Waals surface area contributed by atoms with Gasteiger partial charge >= 0.3 is 8.80 Å². The Balaban J connectivity index is 2.01. The van der Waals surface area contributed by atoms with E-state index in [1.807, 2.05) is 6.92 Å². The lowest BCUT2D eigenvalue weighted by atomic mass is 9.87. The lowest BCUT2D eigenvalue weighted by Crippen LogP contribution is -2.50. The van der Waals surface area contributed by atoms with Crippen molar-refractivity contribution in [2.45, 2.75) is 50.9 Å². The number of fused-ring (bicyclic) bond motifs is 1. The zero-order valence-corrected chi connectivity index (χ0v) is 12.3. The van der Waals surface area contributed by atoms with Gasteiger partial charge in [-0.15, -0.1) is 0 Å². The third-order valence-electron chi connectivity index (χ3n) is 4.22. The van der Waals surface area contributed by atoms with Crippen LogP contribution in [-0.4, -0.2) is 41.8 Å². The van der Waals surface area contributed by atoms with Crippen molar-refractivity contribution in [1.82, 2.24) is 0 Å². The minimum atomic E-state index is -2.50. The molecule has 17 heavy (non-hydrogen) atoms. The Bertz CT molecular complexity index is 257. The van der Waals surface area contributed by atoms with E-state index in [1.54, 1.807) is 14.2 Å². The zero-order valence-electron chi connectivity index (χ0n) is 11.3. The van der Waals surface area contributed by atoms with Crippen molar-refractivity contribution >= 4 is 8.80 Å². The molecule has 5 heteroatoms. The van der Waals surface area contributed by atoms with E-state index in [1.165, 1.54) is 12.8 Å². The smallest absolute Gasteiger partial charge is 0.377 e. The molecule has 4 unspecified atom stereocenters. The van der Waals surface area contributed by atoms with Crippen molar-refractivity contribution in [1.29, 1.82) is 0 Å². The van der Waals surface area contributed by atoms with Crippen LogP contribution < -0.4 is 0 Å². The van der Waals surface area contributed by atoms with E-state index in [0.29, 0.717) is 30.3 Å². The van der Waals surface area contributed by atoms with Crippen LogP contribution in [0.4, 0.5) is 0 Å². The van der Waals surface area contributed by atoms with Gasteiger partial charge in [-0.2, -0.15) is 0 Å². The monoisotopic (exact) mass is 260 g/mol. The van der Waals surface area contributed by atoms with E-state index in [0.717, 1.165) is 6.42 Å². The molecular weight excluding hydrogens is 236 g/mol. The molecule has 1 saturated heterocycles. The van der Waals surface area contributed by atoms with Crippen molar-refractivity contribution in [3.63, 3.8) is 0 Å². The number of epoxide rings is 1. The summed E-state index contributed by atoms with van der Waals surface area (Å²) >= 11 is 0. The van der Waals surface area contributed by atoms with E-state index >= 15 is 0 Å². The van der Waals surface area contributed by atoms with Crippen LogP contribution in [0.3, 0.4) is 0 Å². The maximum Gasteiger partial charge on any atom is 0.503 e. The van der Waals surface area contributed by atoms with Crippen molar-refractivity contribution < 1.29 is 18.0 Å². The molecule has 0 aromatic heterocycles. The fourth-order valence-corrected chi connectivity index (χ4v) is 5.77. The van der Waals surface area contributed by atoms with Crippen LogP contribution in [0.2, 0.25) is 5.54 Å². The van der Waals surface area contributed by atoms with Gasteiger partial charge in [0.2, 0.25) is 0 Å². The van der Waals surface area contributed by atoms with Crippen LogP contribution in [0.25, 0.3) is 0 Å². The average molecular weight is 260 g/mol. The highest BCUT2D eigenvalue weighted by Gasteiger charge is 2.53. The van der Waals surface area contributed by atoms with Gasteiger partial charge < -0.3 is 18.0 Å². The molecule has 0 aromatic carbocycles. The Kier molecular flexibility index (Phi) is 4.25. The first-order valence-corrected chi connectivity index (χ1v) is 8.36. The molecule has 0 N–H and O–H groups in total. The van der Waals surface area contributed by atoms with Crippen LogP contribution in [0.15, 0.2) is 0 Å². The summed E-state index contributed by atoms with van der Waals surface area (Å²) in [4.78, 5) is 0. The van der Waals surface area contributed by atoms with E-state index in [2.05, 4.69) is 6.92 Å². The Hall–Kier alpha value is 0.0569. The van der Waals surface area contributed by atoms with Gasteiger partial charge in [0, 0.05) is 26.4 Å². The summed E-state index contributed by atoms with van der Waals surface area (Å²) in [7, 11) is 0.918. The van der Waals surface area contributed by atoms with Gasteiger partial charge in [-0.25, -0.2) is 0 Å². The summed E-state index contributed by atoms with van der Waals surface area (Å²) in [5, 5.41) is 0. The first-order valence-electron chi connectivity index (χ1n) is 6.56. The van der Waals surface area contributed by atoms with Crippen molar-refractivity contribution in [3.05, 3.63) is 0 Å². The largest absolute Gasteiger partial charge is 0.503 e. The predicted molar refractivity (Wildman–Crippen MR) is 66.8 cm³/mol. The summed E-state index contributed by atoms with van der Waals surface area (Å²) in [6, 6.07) is 0. The third kappa shape index (κ3) is 2.58. The highest BCUT2D eigenvalue weighted by molar-refractivity contribution is 6.62. The van der Waals surface area contributed by atoms with E-state index < -0.39 is 8.80 Å². The molecule has 0 radical (unpaired) electrons. The molecule has 100 valence electrons. The van der Waals surface area contributed by atoms with Crippen molar-refractivity contribution in [2.75, 3.05) is 20.8 Å². The Morgan fingerprint density at radius 3 is 2.47 bits per heavy atom. The summed E-state index contributed by atoms with van der Waals surface area (Å²) in [5.74, 6) is 0.608. The van der Waals surface area contributed by atoms with Gasteiger partial charge in [-0.05, 0) is 32.1 Å². The van der Waals surface area contributed by atoms with E-state index in [9.17, 15) is 0 Å². The molecule has 0 amide bonds. The van der Waals surface area contributed by atoms with Crippen molar-refractivity contribution in [2.24, 2.45) is 5.92 Å². The van der Waals surface area contributed by atoms with Crippen LogP contribution in [0.5, 0.6) is 0 Å². The van der Waals surface area contributed by atoms with Gasteiger partial charge in [0.1, 0.15) is 0 Å². The average Bonchev–Trinajstić information content (AvgIpc) is 3.13. The molecule has 4 nitrogen and oxygen atoms in total. The summed E-state index contributed by atoms with van der Waals surface area (Å²) < 4.78 is 22.7. The second-order valence-corrected chi connectivity index (χ2v) is 8.24. The molecule has 1 heterocycles. The molecule has 0 aromatic rings. The molecule has 0 spiro atoms. The van der Waals surface area contributed by atoms with Crippen LogP contribution >= 0.6 is 0 Å². The standard InChI is InChI=1S/C12H24O4Si/c1-5-15-17(13-3,14-4)9(2)10-6-7-11-12(8-10)16-11/h9-12H,5-8H2,1-4H3. The van der Waals surface area contributed by atoms with Gasteiger partial charge in [0.15, 0.2) is 0 Å². The normalized spacial score (nSPS) is 34.2. The summed E-state index contributed by atoms with van der Waals surface area (Å²) in [6.07, 6.45) is 4.57. The topological polar surface area (TPSA) is 40.2 Å². The lowest BCUT2D eigenvalue weighted by molar-refractivity contribution is 0.0829. The molecule has 2 aliphatic rings. The summed E-state index contributed by atoms with van der Waals surface area (Å²) in [5.41, 5.74) is 0.350. The van der Waals surface area contributed by atoms with Gasteiger partial charge in [-0.1, -0.05) is 6.92 Å². The van der Waals surface area contributed by atoms with Gasteiger partial charge in [-0.3, -0.25) is 0 Å². The quantitative estimate of drug-likeness (QED) is 0.542. The minimum absolute atomic E-state index is 0.350. The number of hydrogen-bond donors (Lipinski definition) is 0. The maximum absolute atomic E-state index is 5.85. The predicted octanol–water partition coefficient (Wildman–Crippen LogP) is 2.21. The number of hydrogen-bond acceptors (Lipinski definition) is 4. The number of ether oxygens (including phenoxy) is 1. The van der Waals surface area contributed by atoms with Crippen LogP contribution in [-0.2, 0) is 18.0 Å². The first kappa shape index (κ1) is 13.5. The molecule has 0 bridgehead atoms. The van der Waals surface area contributed by atoms with E-state index in [-0.39, 0.29) is 0 Å². The maximum atomic E-state index is 5.85. The first-order chi connectivity index (χ1) is 8.16. The Labute approximate surface area is 105 Å². The van der Waals surface area contributed by atoms with Crippen LogP contribution in [0.1, 0.15) is 33.1 Å². The lowest BCUT2D eigenvalue weighted by Gasteiger charge is -2.36. The molecule has 1 aliphatic heterocycles. The third-order valence-corrected chi connectivity index (χ3v) is 7.64. The van der Waals surface area contributed by atoms with Gasteiger partial charge in [0.25, 0.3) is 0 Å².